The van der Waals surface area contributed by atoms with E-state index < -0.39 is 10.8 Å². The molecule has 0 saturated carbocycles. The monoisotopic (exact) mass is 227 g/mol. The van der Waals surface area contributed by atoms with Crippen molar-refractivity contribution in [1.29, 1.82) is 0 Å². The Balaban J connectivity index is 1.64. The highest BCUT2D eigenvalue weighted by Crippen LogP contribution is 2.09. The molecule has 1 aromatic heterocycles. The van der Waals surface area contributed by atoms with Crippen LogP contribution in [0.4, 0.5) is 0 Å². The molecule has 0 aromatic carbocycles. The Hall–Kier alpha value is -0.610. The predicted octanol–water partition coefficient (Wildman–Crippen LogP) is 1.32. The van der Waals surface area contributed by atoms with E-state index in [2.05, 4.69) is 5.32 Å². The van der Waals surface area contributed by atoms with Gasteiger partial charge in [-0.1, -0.05) is 0 Å². The zero-order valence-corrected chi connectivity index (χ0v) is 9.59. The van der Waals surface area contributed by atoms with Gasteiger partial charge in [0.05, 0.1) is 6.26 Å². The maximum atomic E-state index is 11.1. The van der Waals surface area contributed by atoms with E-state index in [0.717, 1.165) is 43.1 Å². The number of nitrogens with one attached hydrogen (secondary N) is 1. The minimum atomic E-state index is -0.555. The zero-order chi connectivity index (χ0) is 10.5. The summed E-state index contributed by atoms with van der Waals surface area (Å²) in [7, 11) is -0.555. The lowest BCUT2D eigenvalue weighted by Gasteiger charge is -2.22. The summed E-state index contributed by atoms with van der Waals surface area (Å²) in [5.41, 5.74) is 0. The van der Waals surface area contributed by atoms with Gasteiger partial charge >= 0.3 is 0 Å². The molecule has 4 heteroatoms. The third kappa shape index (κ3) is 3.47. The van der Waals surface area contributed by atoms with Crippen LogP contribution in [0.5, 0.6) is 0 Å². The third-order valence-corrected chi connectivity index (χ3v) is 4.15. The Labute approximate surface area is 92.7 Å². The fourth-order valence-corrected chi connectivity index (χ4v) is 3.15. The minimum absolute atomic E-state index is 0.553. The average Bonchev–Trinajstić information content (AvgIpc) is 2.74. The molecule has 0 bridgehead atoms. The summed E-state index contributed by atoms with van der Waals surface area (Å²) >= 11 is 0. The summed E-state index contributed by atoms with van der Waals surface area (Å²) < 4.78 is 16.4. The SMILES string of the molecule is O=S1CCC(NCCc2ccco2)CC1. The van der Waals surface area contributed by atoms with Crippen molar-refractivity contribution in [1.82, 2.24) is 5.32 Å². The van der Waals surface area contributed by atoms with E-state index in [-0.39, 0.29) is 0 Å². The molecule has 1 saturated heterocycles. The lowest BCUT2D eigenvalue weighted by Crippen LogP contribution is -2.36. The van der Waals surface area contributed by atoms with Gasteiger partial charge in [0.25, 0.3) is 0 Å². The molecule has 2 rings (SSSR count). The molecule has 0 unspecified atom stereocenters. The largest absolute Gasteiger partial charge is 0.469 e. The Morgan fingerprint density at radius 3 is 2.93 bits per heavy atom. The van der Waals surface area contributed by atoms with Crippen LogP contribution in [0.15, 0.2) is 22.8 Å². The molecule has 0 amide bonds. The molecule has 0 aliphatic carbocycles. The molecular formula is C11H17NO2S. The summed E-state index contributed by atoms with van der Waals surface area (Å²) in [5, 5.41) is 3.49. The van der Waals surface area contributed by atoms with Crippen LogP contribution in [-0.4, -0.2) is 28.3 Å². The number of hydrogen-bond acceptors (Lipinski definition) is 3. The van der Waals surface area contributed by atoms with Crippen molar-refractivity contribution >= 4 is 10.8 Å². The first-order chi connectivity index (χ1) is 7.34. The van der Waals surface area contributed by atoms with E-state index in [0.29, 0.717) is 6.04 Å². The lowest BCUT2D eigenvalue weighted by molar-refractivity contribution is 0.452. The number of hydrogen-bond donors (Lipinski definition) is 1. The van der Waals surface area contributed by atoms with Crippen LogP contribution in [0.3, 0.4) is 0 Å². The second kappa shape index (κ2) is 5.47. The topological polar surface area (TPSA) is 42.2 Å². The standard InChI is InChI=1S/C11H17NO2S/c13-15-8-4-10(5-9-15)12-6-3-11-2-1-7-14-11/h1-2,7,10,12H,3-6,8-9H2. The molecule has 2 heterocycles. The van der Waals surface area contributed by atoms with Crippen LogP contribution in [0.1, 0.15) is 18.6 Å². The van der Waals surface area contributed by atoms with Gasteiger partial charge in [0.15, 0.2) is 0 Å². The Morgan fingerprint density at radius 1 is 1.47 bits per heavy atom. The summed E-state index contributed by atoms with van der Waals surface area (Å²) in [6, 6.07) is 4.47. The van der Waals surface area contributed by atoms with Gasteiger partial charge in [-0.3, -0.25) is 4.21 Å². The van der Waals surface area contributed by atoms with E-state index >= 15 is 0 Å². The van der Waals surface area contributed by atoms with Crippen molar-refractivity contribution in [2.75, 3.05) is 18.1 Å². The van der Waals surface area contributed by atoms with Gasteiger partial charge in [-0.05, 0) is 25.0 Å². The van der Waals surface area contributed by atoms with Gasteiger partial charge < -0.3 is 9.73 Å². The zero-order valence-electron chi connectivity index (χ0n) is 8.78. The van der Waals surface area contributed by atoms with Crippen LogP contribution in [0.25, 0.3) is 0 Å². The molecule has 84 valence electrons. The van der Waals surface area contributed by atoms with Gasteiger partial charge in [0.1, 0.15) is 5.76 Å². The van der Waals surface area contributed by atoms with Gasteiger partial charge in [0, 0.05) is 41.3 Å². The molecule has 1 aromatic rings. The normalized spacial score (nSPS) is 26.7. The van der Waals surface area contributed by atoms with Crippen molar-refractivity contribution in [3.63, 3.8) is 0 Å². The van der Waals surface area contributed by atoms with Crippen molar-refractivity contribution in [3.05, 3.63) is 24.2 Å². The fraction of sp³-hybridized carbons (Fsp3) is 0.636. The van der Waals surface area contributed by atoms with E-state index in [1.54, 1.807) is 6.26 Å². The smallest absolute Gasteiger partial charge is 0.105 e. The Morgan fingerprint density at radius 2 is 2.27 bits per heavy atom. The quantitative estimate of drug-likeness (QED) is 0.843. The Kier molecular flexibility index (Phi) is 3.97. The summed E-state index contributed by atoms with van der Waals surface area (Å²) in [4.78, 5) is 0. The van der Waals surface area contributed by atoms with Gasteiger partial charge in [-0.25, -0.2) is 0 Å². The fourth-order valence-electron chi connectivity index (χ4n) is 1.85. The van der Waals surface area contributed by atoms with Crippen LogP contribution < -0.4 is 5.32 Å². The minimum Gasteiger partial charge on any atom is -0.469 e. The maximum absolute atomic E-state index is 11.1. The molecule has 0 atom stereocenters. The molecule has 0 spiro atoms. The van der Waals surface area contributed by atoms with Crippen LogP contribution in [-0.2, 0) is 17.2 Å². The summed E-state index contributed by atoms with van der Waals surface area (Å²) in [6.45, 7) is 0.949. The number of rotatable bonds is 4. The van der Waals surface area contributed by atoms with Crippen molar-refractivity contribution in [2.24, 2.45) is 0 Å². The highest BCUT2D eigenvalue weighted by Gasteiger charge is 2.16. The molecule has 15 heavy (non-hydrogen) atoms. The van der Waals surface area contributed by atoms with E-state index in [1.165, 1.54) is 0 Å². The van der Waals surface area contributed by atoms with Gasteiger partial charge in [-0.15, -0.1) is 0 Å². The van der Waals surface area contributed by atoms with E-state index in [1.807, 2.05) is 12.1 Å². The first-order valence-electron chi connectivity index (χ1n) is 5.45. The second-order valence-corrected chi connectivity index (χ2v) is 5.60. The predicted molar refractivity (Wildman–Crippen MR) is 61.3 cm³/mol. The lowest BCUT2D eigenvalue weighted by atomic mass is 10.1. The first-order valence-corrected chi connectivity index (χ1v) is 6.94. The molecule has 1 N–H and O–H groups in total. The van der Waals surface area contributed by atoms with Crippen molar-refractivity contribution in [2.45, 2.75) is 25.3 Å². The Bertz CT molecular complexity index is 300. The molecule has 1 aliphatic heterocycles. The molecular weight excluding hydrogens is 210 g/mol. The molecule has 1 aliphatic rings. The average molecular weight is 227 g/mol. The molecule has 3 nitrogen and oxygen atoms in total. The highest BCUT2D eigenvalue weighted by atomic mass is 32.2. The third-order valence-electron chi connectivity index (χ3n) is 2.77. The highest BCUT2D eigenvalue weighted by molar-refractivity contribution is 7.85. The van der Waals surface area contributed by atoms with Crippen molar-refractivity contribution in [3.8, 4) is 0 Å². The summed E-state index contributed by atoms with van der Waals surface area (Å²) in [6.07, 6.45) is 4.74. The molecule has 1 fully saturated rings. The van der Waals surface area contributed by atoms with Crippen LogP contribution in [0.2, 0.25) is 0 Å². The number of furan rings is 1. The second-order valence-electron chi connectivity index (χ2n) is 3.91. The van der Waals surface area contributed by atoms with Crippen molar-refractivity contribution < 1.29 is 8.63 Å². The van der Waals surface area contributed by atoms with E-state index in [4.69, 9.17) is 4.42 Å². The molecule has 0 radical (unpaired) electrons. The summed E-state index contributed by atoms with van der Waals surface area (Å²) in [5.74, 6) is 2.75. The van der Waals surface area contributed by atoms with Gasteiger partial charge in [0.2, 0.25) is 0 Å². The van der Waals surface area contributed by atoms with Crippen LogP contribution >= 0.6 is 0 Å². The maximum Gasteiger partial charge on any atom is 0.105 e. The first kappa shape index (κ1) is 10.9. The van der Waals surface area contributed by atoms with E-state index in [9.17, 15) is 4.21 Å². The van der Waals surface area contributed by atoms with Crippen LogP contribution in [0, 0.1) is 0 Å². The van der Waals surface area contributed by atoms with Gasteiger partial charge in [-0.2, -0.15) is 0 Å².